The molecule has 2 amide bonds. The predicted molar refractivity (Wildman–Crippen MR) is 205 cm³/mol. The Balaban J connectivity index is 1.28. The maximum atomic E-state index is 13.3. The molecule has 1 atom stereocenters. The monoisotopic (exact) mass is 761 g/mol. The lowest BCUT2D eigenvalue weighted by Gasteiger charge is -2.31. The van der Waals surface area contributed by atoms with Gasteiger partial charge in [0.1, 0.15) is 11.4 Å². The van der Waals surface area contributed by atoms with Gasteiger partial charge in [-0.2, -0.15) is 0 Å². The van der Waals surface area contributed by atoms with Gasteiger partial charge in [-0.25, -0.2) is 13.1 Å². The van der Waals surface area contributed by atoms with E-state index >= 15 is 0 Å². The molecule has 1 saturated heterocycles. The van der Waals surface area contributed by atoms with Crippen LogP contribution in [-0.2, 0) is 26.0 Å². The number of nitrogens with one attached hydrogen (secondary N) is 2. The first-order valence-corrected chi connectivity index (χ1v) is 19.5. The largest absolute Gasteiger partial charge is 0.496 e. The minimum Gasteiger partial charge on any atom is -0.496 e. The number of thioether (sulfide) groups is 1. The molecule has 1 aliphatic rings. The number of hydrogen-bond donors (Lipinski definition) is 2. The molecule has 13 nitrogen and oxygen atoms in total. The summed E-state index contributed by atoms with van der Waals surface area (Å²) in [6, 6.07) is 25.1. The molecular weight excluding hydrogens is 719 g/mol. The molecule has 5 rings (SSSR count). The topological polar surface area (TPSA) is 160 Å². The van der Waals surface area contributed by atoms with Crippen LogP contribution in [0.2, 0.25) is 0 Å². The molecule has 0 unspecified atom stereocenters. The van der Waals surface area contributed by atoms with Crippen molar-refractivity contribution >= 4 is 45.0 Å². The molecule has 1 fully saturated rings. The number of nitro groups is 1. The van der Waals surface area contributed by atoms with Crippen molar-refractivity contribution in [2.45, 2.75) is 28.7 Å². The maximum Gasteiger partial charge on any atom is 0.293 e. The molecule has 2 N–H and O–H groups in total. The predicted octanol–water partition coefficient (Wildman–Crippen LogP) is 5.31. The smallest absolute Gasteiger partial charge is 0.293 e. The van der Waals surface area contributed by atoms with Gasteiger partial charge in [-0.1, -0.05) is 42.5 Å². The SMILES string of the molecule is COc1cc(CCC(=O)N(C)C)ccc1-c1ccc(C(=O)NS(=O)(=O)c2ccc(N[C@@H](CSc3ccccc3)CN3CCOCC3)c([N+](=O)[O-])c2)cc1. The van der Waals surface area contributed by atoms with Crippen molar-refractivity contribution in [2.75, 3.05) is 65.1 Å². The minimum atomic E-state index is -4.48. The summed E-state index contributed by atoms with van der Waals surface area (Å²) in [6.07, 6.45) is 0.911. The first-order chi connectivity index (χ1) is 25.4. The van der Waals surface area contributed by atoms with Crippen LogP contribution in [0, 0.1) is 10.1 Å². The third kappa shape index (κ3) is 10.8. The van der Waals surface area contributed by atoms with Gasteiger partial charge in [0.25, 0.3) is 21.6 Å². The van der Waals surface area contributed by atoms with Gasteiger partial charge in [0.15, 0.2) is 0 Å². The van der Waals surface area contributed by atoms with Gasteiger partial charge in [0.2, 0.25) is 5.91 Å². The first-order valence-electron chi connectivity index (χ1n) is 17.0. The summed E-state index contributed by atoms with van der Waals surface area (Å²) < 4.78 is 39.8. The number of hydrogen-bond acceptors (Lipinski definition) is 11. The lowest BCUT2D eigenvalue weighted by Crippen LogP contribution is -2.44. The van der Waals surface area contributed by atoms with Gasteiger partial charge in [0, 0.05) is 74.0 Å². The number of ether oxygens (including phenoxy) is 2. The summed E-state index contributed by atoms with van der Waals surface area (Å²) in [5, 5.41) is 15.5. The van der Waals surface area contributed by atoms with Gasteiger partial charge in [0.05, 0.1) is 30.1 Å². The van der Waals surface area contributed by atoms with E-state index in [1.54, 1.807) is 50.0 Å². The highest BCUT2D eigenvalue weighted by Gasteiger charge is 2.26. The van der Waals surface area contributed by atoms with Crippen LogP contribution in [0.1, 0.15) is 22.3 Å². The molecule has 0 aliphatic carbocycles. The maximum absolute atomic E-state index is 13.3. The number of nitrogens with zero attached hydrogens (tertiary/aromatic N) is 3. The summed E-state index contributed by atoms with van der Waals surface area (Å²) in [4.78, 5) is 41.1. The molecule has 280 valence electrons. The molecule has 1 heterocycles. The van der Waals surface area contributed by atoms with Gasteiger partial charge in [-0.15, -0.1) is 11.8 Å². The van der Waals surface area contributed by atoms with Crippen molar-refractivity contribution in [3.05, 3.63) is 112 Å². The van der Waals surface area contributed by atoms with E-state index in [0.29, 0.717) is 44.1 Å². The van der Waals surface area contributed by atoms with E-state index in [1.165, 1.54) is 24.3 Å². The van der Waals surface area contributed by atoms with Crippen molar-refractivity contribution in [1.82, 2.24) is 14.5 Å². The fourth-order valence-corrected chi connectivity index (χ4v) is 7.69. The van der Waals surface area contributed by atoms with Crippen LogP contribution in [0.3, 0.4) is 0 Å². The van der Waals surface area contributed by atoms with E-state index in [0.717, 1.165) is 40.7 Å². The Morgan fingerprint density at radius 1 is 1.00 bits per heavy atom. The number of amides is 2. The number of aryl methyl sites for hydroxylation is 1. The third-order valence-corrected chi connectivity index (χ3v) is 11.2. The molecule has 0 radical (unpaired) electrons. The van der Waals surface area contributed by atoms with E-state index in [9.17, 15) is 28.1 Å². The van der Waals surface area contributed by atoms with E-state index in [1.807, 2.05) is 53.3 Å². The molecule has 1 aliphatic heterocycles. The summed E-state index contributed by atoms with van der Waals surface area (Å²) in [5.41, 5.74) is 2.23. The Morgan fingerprint density at radius 2 is 1.72 bits per heavy atom. The number of benzene rings is 4. The quantitative estimate of drug-likeness (QED) is 0.0865. The second kappa shape index (κ2) is 18.2. The van der Waals surface area contributed by atoms with E-state index in [-0.39, 0.29) is 23.2 Å². The number of carbonyl (C=O) groups is 2. The van der Waals surface area contributed by atoms with Gasteiger partial charge in [-0.3, -0.25) is 24.6 Å². The average Bonchev–Trinajstić information content (AvgIpc) is 3.16. The second-order valence-electron chi connectivity index (χ2n) is 12.6. The first kappa shape index (κ1) is 39.3. The zero-order valence-electron chi connectivity index (χ0n) is 29.8. The van der Waals surface area contributed by atoms with Crippen molar-refractivity contribution < 1.29 is 32.4 Å². The van der Waals surface area contributed by atoms with E-state index < -0.39 is 31.4 Å². The highest BCUT2D eigenvalue weighted by Crippen LogP contribution is 2.32. The number of nitro benzene ring substituents is 1. The summed E-state index contributed by atoms with van der Waals surface area (Å²) in [7, 11) is 0.491. The number of morpholine rings is 1. The van der Waals surface area contributed by atoms with Crippen LogP contribution in [-0.4, -0.2) is 101 Å². The Kier molecular flexibility index (Phi) is 13.5. The van der Waals surface area contributed by atoms with E-state index in [2.05, 4.69) is 10.2 Å². The van der Waals surface area contributed by atoms with Crippen molar-refractivity contribution in [3.63, 3.8) is 0 Å². The molecule has 0 saturated carbocycles. The second-order valence-corrected chi connectivity index (χ2v) is 15.4. The standard InChI is InChI=1S/C38H43N5O8S2/c1-41(2)37(44)18-10-27-9-16-33(36(23-27)50-3)28-11-13-29(14-12-28)38(45)40-53(48,49)32-15-17-34(35(24-32)43(46)47)39-30(25-42-19-21-51-22-20-42)26-52-31-7-5-4-6-8-31/h4-9,11-17,23-24,30,39H,10,18-22,25-26H2,1-3H3,(H,40,45)/t30-/m1/s1. The lowest BCUT2D eigenvalue weighted by atomic mass is 9.99. The zero-order valence-corrected chi connectivity index (χ0v) is 31.5. The zero-order chi connectivity index (χ0) is 38.0. The molecule has 15 heteroatoms. The molecule has 4 aromatic rings. The highest BCUT2D eigenvalue weighted by molar-refractivity contribution is 7.99. The van der Waals surface area contributed by atoms with Crippen LogP contribution >= 0.6 is 11.8 Å². The number of carbonyl (C=O) groups excluding carboxylic acids is 2. The summed E-state index contributed by atoms with van der Waals surface area (Å²) in [6.45, 7) is 3.28. The molecular formula is C38H43N5O8S2. The molecule has 0 spiro atoms. The Bertz CT molecular complexity index is 2000. The summed E-state index contributed by atoms with van der Waals surface area (Å²) >= 11 is 1.62. The van der Waals surface area contributed by atoms with Crippen molar-refractivity contribution in [1.29, 1.82) is 0 Å². The molecule has 0 aromatic heterocycles. The van der Waals surface area contributed by atoms with Gasteiger partial charge in [-0.05, 0) is 60.0 Å². The normalized spacial score (nSPS) is 13.9. The summed E-state index contributed by atoms with van der Waals surface area (Å²) in [5.74, 6) is 0.318. The number of methoxy groups -OCH3 is 1. The number of anilines is 1. The van der Waals surface area contributed by atoms with Gasteiger partial charge >= 0.3 is 0 Å². The van der Waals surface area contributed by atoms with Crippen LogP contribution in [0.5, 0.6) is 5.75 Å². The number of sulfonamides is 1. The Hall–Kier alpha value is -4.96. The molecule has 0 bridgehead atoms. The van der Waals surface area contributed by atoms with Crippen LogP contribution in [0.25, 0.3) is 11.1 Å². The lowest BCUT2D eigenvalue weighted by molar-refractivity contribution is -0.384. The average molecular weight is 762 g/mol. The third-order valence-electron chi connectivity index (χ3n) is 8.69. The Morgan fingerprint density at radius 3 is 2.38 bits per heavy atom. The van der Waals surface area contributed by atoms with Crippen LogP contribution < -0.4 is 14.8 Å². The van der Waals surface area contributed by atoms with Crippen LogP contribution in [0.15, 0.2) is 101 Å². The molecule has 53 heavy (non-hydrogen) atoms. The number of rotatable bonds is 16. The van der Waals surface area contributed by atoms with Gasteiger partial charge < -0.3 is 19.7 Å². The van der Waals surface area contributed by atoms with Crippen molar-refractivity contribution in [2.24, 2.45) is 0 Å². The Labute approximate surface area is 313 Å². The van der Waals surface area contributed by atoms with Crippen LogP contribution in [0.4, 0.5) is 11.4 Å². The molecule has 4 aromatic carbocycles. The van der Waals surface area contributed by atoms with Crippen molar-refractivity contribution in [3.8, 4) is 16.9 Å². The minimum absolute atomic E-state index is 0.0221. The fourth-order valence-electron chi connectivity index (χ4n) is 5.77. The van der Waals surface area contributed by atoms with E-state index in [4.69, 9.17) is 9.47 Å². The highest BCUT2D eigenvalue weighted by atomic mass is 32.2. The fraction of sp³-hybridized carbons (Fsp3) is 0.316.